The highest BCUT2D eigenvalue weighted by Gasteiger charge is 2.10. The Labute approximate surface area is 112 Å². The zero-order valence-electron chi connectivity index (χ0n) is 9.30. The Balaban J connectivity index is 0.00000225. The summed E-state index contributed by atoms with van der Waals surface area (Å²) in [5.74, 6) is 0.744. The van der Waals surface area contributed by atoms with E-state index in [1.807, 2.05) is 6.07 Å². The van der Waals surface area contributed by atoms with Gasteiger partial charge in [-0.1, -0.05) is 30.1 Å². The number of hydrogen-bond donors (Lipinski definition) is 1. The quantitative estimate of drug-likeness (QED) is 0.915. The Bertz CT molecular complexity index is 344. The molecule has 0 spiro atoms. The summed E-state index contributed by atoms with van der Waals surface area (Å²) in [6, 6.07) is 3.66. The zero-order chi connectivity index (χ0) is 11.4. The molecule has 92 valence electrons. The minimum Gasteiger partial charge on any atom is -0.496 e. The Morgan fingerprint density at radius 3 is 2.38 bits per heavy atom. The molecule has 0 saturated carbocycles. The van der Waals surface area contributed by atoms with E-state index in [0.717, 1.165) is 24.2 Å². The lowest BCUT2D eigenvalue weighted by Crippen LogP contribution is -2.21. The van der Waals surface area contributed by atoms with E-state index >= 15 is 0 Å². The maximum atomic E-state index is 5.94. The Kier molecular flexibility index (Phi) is 7.16. The third kappa shape index (κ3) is 4.02. The average molecular weight is 285 g/mol. The van der Waals surface area contributed by atoms with E-state index in [1.165, 1.54) is 0 Å². The fourth-order valence-corrected chi connectivity index (χ4v) is 1.69. The molecule has 1 aromatic carbocycles. The van der Waals surface area contributed by atoms with E-state index in [2.05, 4.69) is 6.92 Å². The normalized spacial score (nSPS) is 11.8. The smallest absolute Gasteiger partial charge is 0.123 e. The van der Waals surface area contributed by atoms with Crippen molar-refractivity contribution >= 4 is 35.6 Å². The molecule has 0 aliphatic heterocycles. The van der Waals surface area contributed by atoms with E-state index in [1.54, 1.807) is 13.2 Å². The Morgan fingerprint density at radius 1 is 1.31 bits per heavy atom. The predicted octanol–water partition coefficient (Wildman–Crippen LogP) is 3.70. The van der Waals surface area contributed by atoms with Crippen LogP contribution in [0.25, 0.3) is 0 Å². The third-order valence-electron chi connectivity index (χ3n) is 2.33. The molecule has 2 N–H and O–H groups in total. The highest BCUT2D eigenvalue weighted by atomic mass is 35.5. The van der Waals surface area contributed by atoms with Crippen LogP contribution in [-0.2, 0) is 6.42 Å². The molecule has 0 bridgehead atoms. The molecule has 1 atom stereocenters. The van der Waals surface area contributed by atoms with Gasteiger partial charge in [0.25, 0.3) is 0 Å². The van der Waals surface area contributed by atoms with E-state index in [-0.39, 0.29) is 18.4 Å². The standard InChI is InChI=1S/C11H15Cl2NO.ClH/c1-3-8(14)4-7-5-9(12)10(13)6-11(7)15-2;/h5-6,8H,3-4,14H2,1-2H3;1H. The molecule has 1 rings (SSSR count). The van der Waals surface area contributed by atoms with Gasteiger partial charge in [-0.25, -0.2) is 0 Å². The van der Waals surface area contributed by atoms with Crippen molar-refractivity contribution in [1.82, 2.24) is 0 Å². The number of ether oxygens (including phenoxy) is 1. The molecule has 0 aliphatic rings. The lowest BCUT2D eigenvalue weighted by Gasteiger charge is -2.13. The van der Waals surface area contributed by atoms with Crippen molar-refractivity contribution in [2.45, 2.75) is 25.8 Å². The van der Waals surface area contributed by atoms with Crippen LogP contribution in [0.4, 0.5) is 0 Å². The first-order valence-corrected chi connectivity index (χ1v) is 5.61. The Morgan fingerprint density at radius 2 is 1.88 bits per heavy atom. The summed E-state index contributed by atoms with van der Waals surface area (Å²) >= 11 is 11.8. The van der Waals surface area contributed by atoms with Gasteiger partial charge in [-0.3, -0.25) is 0 Å². The first kappa shape index (κ1) is 15.9. The number of methoxy groups -OCH3 is 1. The SMILES string of the molecule is CCC(N)Cc1cc(Cl)c(Cl)cc1OC.Cl. The summed E-state index contributed by atoms with van der Waals surface area (Å²) in [7, 11) is 1.61. The van der Waals surface area contributed by atoms with Gasteiger partial charge < -0.3 is 10.5 Å². The number of benzene rings is 1. The predicted molar refractivity (Wildman–Crippen MR) is 72.2 cm³/mol. The second-order valence-corrected chi connectivity index (χ2v) is 4.27. The maximum absolute atomic E-state index is 5.94. The molecule has 0 aromatic heterocycles. The van der Waals surface area contributed by atoms with Crippen molar-refractivity contribution in [3.8, 4) is 5.75 Å². The molecule has 0 fully saturated rings. The van der Waals surface area contributed by atoms with Crippen LogP contribution in [0.1, 0.15) is 18.9 Å². The van der Waals surface area contributed by atoms with Crippen molar-refractivity contribution in [1.29, 1.82) is 0 Å². The summed E-state index contributed by atoms with van der Waals surface area (Å²) in [5.41, 5.74) is 6.89. The van der Waals surface area contributed by atoms with Gasteiger partial charge in [-0.2, -0.15) is 0 Å². The van der Waals surface area contributed by atoms with Gasteiger partial charge in [0.05, 0.1) is 17.2 Å². The topological polar surface area (TPSA) is 35.2 Å². The summed E-state index contributed by atoms with van der Waals surface area (Å²) in [5, 5.41) is 1.04. The fraction of sp³-hybridized carbons (Fsp3) is 0.455. The second kappa shape index (κ2) is 7.23. The molecular formula is C11H16Cl3NO. The van der Waals surface area contributed by atoms with Crippen LogP contribution >= 0.6 is 35.6 Å². The summed E-state index contributed by atoms with van der Waals surface area (Å²) in [4.78, 5) is 0. The van der Waals surface area contributed by atoms with Crippen LogP contribution in [0.3, 0.4) is 0 Å². The number of nitrogens with two attached hydrogens (primary N) is 1. The van der Waals surface area contributed by atoms with Gasteiger partial charge in [0.1, 0.15) is 5.75 Å². The van der Waals surface area contributed by atoms with Crippen LogP contribution in [0.5, 0.6) is 5.75 Å². The highest BCUT2D eigenvalue weighted by Crippen LogP contribution is 2.31. The molecule has 16 heavy (non-hydrogen) atoms. The number of halogens is 3. The maximum Gasteiger partial charge on any atom is 0.123 e. The molecule has 0 heterocycles. The van der Waals surface area contributed by atoms with Crippen molar-refractivity contribution in [2.75, 3.05) is 7.11 Å². The lowest BCUT2D eigenvalue weighted by atomic mass is 10.0. The average Bonchev–Trinajstić information content (AvgIpc) is 2.22. The van der Waals surface area contributed by atoms with Crippen LogP contribution in [0, 0.1) is 0 Å². The summed E-state index contributed by atoms with van der Waals surface area (Å²) in [6.07, 6.45) is 1.67. The molecule has 0 radical (unpaired) electrons. The molecule has 0 aliphatic carbocycles. The molecule has 5 heteroatoms. The molecule has 1 aromatic rings. The molecular weight excluding hydrogens is 268 g/mol. The van der Waals surface area contributed by atoms with Crippen LogP contribution < -0.4 is 10.5 Å². The third-order valence-corrected chi connectivity index (χ3v) is 3.05. The largest absolute Gasteiger partial charge is 0.496 e. The minimum atomic E-state index is 0. The van der Waals surface area contributed by atoms with Crippen molar-refractivity contribution < 1.29 is 4.74 Å². The first-order valence-electron chi connectivity index (χ1n) is 4.86. The first-order chi connectivity index (χ1) is 7.08. The highest BCUT2D eigenvalue weighted by molar-refractivity contribution is 6.42. The molecule has 2 nitrogen and oxygen atoms in total. The van der Waals surface area contributed by atoms with Gasteiger partial charge in [0.2, 0.25) is 0 Å². The van der Waals surface area contributed by atoms with E-state index in [9.17, 15) is 0 Å². The van der Waals surface area contributed by atoms with Gasteiger partial charge in [0.15, 0.2) is 0 Å². The van der Waals surface area contributed by atoms with Crippen molar-refractivity contribution in [2.24, 2.45) is 5.73 Å². The molecule has 0 amide bonds. The number of rotatable bonds is 4. The summed E-state index contributed by atoms with van der Waals surface area (Å²) < 4.78 is 5.23. The summed E-state index contributed by atoms with van der Waals surface area (Å²) in [6.45, 7) is 2.05. The van der Waals surface area contributed by atoms with Crippen molar-refractivity contribution in [3.05, 3.63) is 27.7 Å². The van der Waals surface area contributed by atoms with Gasteiger partial charge in [-0.05, 0) is 24.5 Å². The fourth-order valence-electron chi connectivity index (χ4n) is 1.35. The van der Waals surface area contributed by atoms with E-state index in [4.69, 9.17) is 33.7 Å². The second-order valence-electron chi connectivity index (χ2n) is 3.45. The van der Waals surface area contributed by atoms with Gasteiger partial charge in [-0.15, -0.1) is 12.4 Å². The van der Waals surface area contributed by atoms with Crippen LogP contribution in [0.2, 0.25) is 10.0 Å². The van der Waals surface area contributed by atoms with E-state index in [0.29, 0.717) is 10.0 Å². The van der Waals surface area contributed by atoms with Crippen molar-refractivity contribution in [3.63, 3.8) is 0 Å². The van der Waals surface area contributed by atoms with Crippen LogP contribution in [-0.4, -0.2) is 13.2 Å². The number of hydrogen-bond acceptors (Lipinski definition) is 2. The van der Waals surface area contributed by atoms with Crippen LogP contribution in [0.15, 0.2) is 12.1 Å². The lowest BCUT2D eigenvalue weighted by molar-refractivity contribution is 0.407. The molecule has 0 saturated heterocycles. The van der Waals surface area contributed by atoms with Gasteiger partial charge in [0, 0.05) is 12.1 Å². The Hall–Kier alpha value is -0.150. The van der Waals surface area contributed by atoms with E-state index < -0.39 is 0 Å². The molecule has 1 unspecified atom stereocenters. The van der Waals surface area contributed by atoms with Gasteiger partial charge >= 0.3 is 0 Å². The minimum absolute atomic E-state index is 0. The zero-order valence-corrected chi connectivity index (χ0v) is 11.6. The monoisotopic (exact) mass is 283 g/mol.